The minimum Gasteiger partial charge on any atom is -0.359 e. The van der Waals surface area contributed by atoms with Gasteiger partial charge < -0.3 is 4.74 Å². The molecular weight excluding hydrogens is 224 g/mol. The Bertz CT molecular complexity index is 412. The van der Waals surface area contributed by atoms with Gasteiger partial charge in [0, 0.05) is 18.7 Å². The van der Waals surface area contributed by atoms with Crippen LogP contribution in [-0.4, -0.2) is 29.8 Å². The second kappa shape index (κ2) is 5.35. The van der Waals surface area contributed by atoms with Gasteiger partial charge in [0.1, 0.15) is 6.73 Å². The van der Waals surface area contributed by atoms with Crippen molar-refractivity contribution in [1.29, 1.82) is 0 Å². The minimum atomic E-state index is -0.445. The van der Waals surface area contributed by atoms with E-state index in [1.54, 1.807) is 17.1 Å². The molecule has 0 amide bonds. The van der Waals surface area contributed by atoms with E-state index in [1.165, 1.54) is 12.1 Å². The molecule has 7 heteroatoms. The predicted octanol–water partition coefficient (Wildman–Crippen LogP) is 2.27. The third-order valence-electron chi connectivity index (χ3n) is 2.29. The van der Waals surface area contributed by atoms with E-state index in [4.69, 9.17) is 4.74 Å². The van der Waals surface area contributed by atoms with Gasteiger partial charge in [-0.1, -0.05) is 5.22 Å². The van der Waals surface area contributed by atoms with Crippen LogP contribution < -0.4 is 0 Å². The molecule has 2 rings (SSSR count). The number of nitrogens with zero attached hydrogens (tertiary/aromatic N) is 4. The second-order valence-electron chi connectivity index (χ2n) is 3.58. The summed E-state index contributed by atoms with van der Waals surface area (Å²) < 4.78 is 5.20. The number of rotatable bonds is 3. The summed E-state index contributed by atoms with van der Waals surface area (Å²) in [6, 6.07) is 5.93. The first-order valence-electron chi connectivity index (χ1n) is 5.24. The standard InChI is InChI=1S/C10H12N4O3/c15-14(16)10-4-2-9(3-5-10)11-12-13-6-1-7-17-8-13/h2-5H,1,6-8H2. The van der Waals surface area contributed by atoms with E-state index < -0.39 is 4.92 Å². The van der Waals surface area contributed by atoms with Crippen LogP contribution in [0.4, 0.5) is 11.4 Å². The first-order chi connectivity index (χ1) is 8.25. The van der Waals surface area contributed by atoms with Gasteiger partial charge in [-0.05, 0) is 18.6 Å². The molecule has 1 aliphatic rings. The average Bonchev–Trinajstić information content (AvgIpc) is 2.38. The van der Waals surface area contributed by atoms with Crippen LogP contribution in [0, 0.1) is 10.1 Å². The van der Waals surface area contributed by atoms with Crippen LogP contribution in [0.1, 0.15) is 6.42 Å². The van der Waals surface area contributed by atoms with E-state index in [0.717, 1.165) is 19.6 Å². The Labute approximate surface area is 97.8 Å². The zero-order valence-corrected chi connectivity index (χ0v) is 9.15. The Kier molecular flexibility index (Phi) is 3.61. The number of nitro groups is 1. The number of ether oxygens (including phenoxy) is 1. The predicted molar refractivity (Wildman–Crippen MR) is 59.8 cm³/mol. The zero-order chi connectivity index (χ0) is 12.1. The van der Waals surface area contributed by atoms with E-state index in [9.17, 15) is 10.1 Å². The fraction of sp³-hybridized carbons (Fsp3) is 0.400. The van der Waals surface area contributed by atoms with Crippen molar-refractivity contribution in [3.05, 3.63) is 34.4 Å². The van der Waals surface area contributed by atoms with Gasteiger partial charge >= 0.3 is 0 Å². The van der Waals surface area contributed by atoms with Gasteiger partial charge in [0.2, 0.25) is 0 Å². The quantitative estimate of drug-likeness (QED) is 0.458. The largest absolute Gasteiger partial charge is 0.359 e. The van der Waals surface area contributed by atoms with Gasteiger partial charge in [-0.3, -0.25) is 15.1 Å². The van der Waals surface area contributed by atoms with Gasteiger partial charge in [-0.25, -0.2) is 0 Å². The van der Waals surface area contributed by atoms with Gasteiger partial charge in [-0.2, -0.15) is 0 Å². The first-order valence-corrected chi connectivity index (χ1v) is 5.24. The molecule has 0 aliphatic carbocycles. The molecule has 0 N–H and O–H groups in total. The van der Waals surface area contributed by atoms with Gasteiger partial charge in [0.05, 0.1) is 17.2 Å². The van der Waals surface area contributed by atoms with Crippen LogP contribution in [0.3, 0.4) is 0 Å². The molecule has 17 heavy (non-hydrogen) atoms. The first kappa shape index (κ1) is 11.5. The molecule has 0 radical (unpaired) electrons. The normalized spacial score (nSPS) is 16.4. The van der Waals surface area contributed by atoms with Crippen molar-refractivity contribution >= 4 is 11.4 Å². The van der Waals surface area contributed by atoms with E-state index in [1.807, 2.05) is 0 Å². The van der Waals surface area contributed by atoms with E-state index in [-0.39, 0.29) is 5.69 Å². The van der Waals surface area contributed by atoms with Gasteiger partial charge in [0.25, 0.3) is 5.69 Å². The molecule has 0 bridgehead atoms. The molecule has 1 heterocycles. The molecule has 1 aromatic rings. The summed E-state index contributed by atoms with van der Waals surface area (Å²) in [6.45, 7) is 2.01. The summed E-state index contributed by atoms with van der Waals surface area (Å²) in [5, 5.41) is 20.1. The lowest BCUT2D eigenvalue weighted by atomic mass is 10.3. The van der Waals surface area contributed by atoms with E-state index in [2.05, 4.69) is 10.3 Å². The number of hydrogen-bond acceptors (Lipinski definition) is 5. The lowest BCUT2D eigenvalue weighted by Crippen LogP contribution is -2.28. The number of non-ortho nitro benzene ring substituents is 1. The molecule has 0 aromatic heterocycles. The highest BCUT2D eigenvalue weighted by Crippen LogP contribution is 2.18. The summed E-state index contributed by atoms with van der Waals surface area (Å²) in [5.74, 6) is 0. The molecule has 90 valence electrons. The number of nitro benzene ring substituents is 1. The Morgan fingerprint density at radius 2 is 2.12 bits per heavy atom. The molecule has 0 unspecified atom stereocenters. The molecule has 1 fully saturated rings. The Hall–Kier alpha value is -2.02. The van der Waals surface area contributed by atoms with Crippen molar-refractivity contribution in [2.45, 2.75) is 6.42 Å². The van der Waals surface area contributed by atoms with Crippen molar-refractivity contribution in [2.24, 2.45) is 10.3 Å². The fourth-order valence-corrected chi connectivity index (χ4v) is 1.41. The average molecular weight is 236 g/mol. The molecule has 0 spiro atoms. The lowest BCUT2D eigenvalue weighted by molar-refractivity contribution is -0.384. The summed E-state index contributed by atoms with van der Waals surface area (Å²) in [4.78, 5) is 10.00. The fourth-order valence-electron chi connectivity index (χ4n) is 1.41. The highest BCUT2D eigenvalue weighted by molar-refractivity contribution is 5.43. The van der Waals surface area contributed by atoms with Crippen molar-refractivity contribution < 1.29 is 9.66 Å². The van der Waals surface area contributed by atoms with Gasteiger partial charge in [-0.15, -0.1) is 5.11 Å². The SMILES string of the molecule is O=[N+]([O-])c1ccc(N=NN2CCCOC2)cc1. The van der Waals surface area contributed by atoms with Gasteiger partial charge in [0.15, 0.2) is 0 Å². The minimum absolute atomic E-state index is 0.0465. The Balaban J connectivity index is 1.98. The zero-order valence-electron chi connectivity index (χ0n) is 9.15. The lowest BCUT2D eigenvalue weighted by Gasteiger charge is -2.21. The third-order valence-corrected chi connectivity index (χ3v) is 2.29. The van der Waals surface area contributed by atoms with E-state index in [0.29, 0.717) is 12.4 Å². The topological polar surface area (TPSA) is 80.3 Å². The van der Waals surface area contributed by atoms with Crippen LogP contribution in [-0.2, 0) is 4.74 Å². The molecule has 0 saturated carbocycles. The Morgan fingerprint density at radius 3 is 2.71 bits per heavy atom. The van der Waals surface area contributed by atoms with Crippen molar-refractivity contribution in [2.75, 3.05) is 19.9 Å². The van der Waals surface area contributed by atoms with Crippen LogP contribution in [0.5, 0.6) is 0 Å². The van der Waals surface area contributed by atoms with Crippen LogP contribution in [0.15, 0.2) is 34.6 Å². The molecule has 7 nitrogen and oxygen atoms in total. The summed E-state index contributed by atoms with van der Waals surface area (Å²) in [6.07, 6.45) is 0.930. The number of benzene rings is 1. The molecule has 1 saturated heterocycles. The highest BCUT2D eigenvalue weighted by atomic mass is 16.6. The van der Waals surface area contributed by atoms with Crippen LogP contribution >= 0.6 is 0 Å². The maximum absolute atomic E-state index is 10.4. The molecular formula is C10H12N4O3. The number of hydrogen-bond donors (Lipinski definition) is 0. The van der Waals surface area contributed by atoms with Crippen LogP contribution in [0.2, 0.25) is 0 Å². The monoisotopic (exact) mass is 236 g/mol. The van der Waals surface area contributed by atoms with Crippen molar-refractivity contribution in [3.63, 3.8) is 0 Å². The molecule has 0 atom stereocenters. The van der Waals surface area contributed by atoms with E-state index >= 15 is 0 Å². The molecule has 1 aliphatic heterocycles. The Morgan fingerprint density at radius 1 is 1.35 bits per heavy atom. The van der Waals surface area contributed by atoms with Crippen molar-refractivity contribution in [1.82, 2.24) is 5.01 Å². The highest BCUT2D eigenvalue weighted by Gasteiger charge is 2.07. The summed E-state index contributed by atoms with van der Waals surface area (Å²) in [5.41, 5.74) is 0.631. The van der Waals surface area contributed by atoms with Crippen molar-refractivity contribution in [3.8, 4) is 0 Å². The van der Waals surface area contributed by atoms with Crippen LogP contribution in [0.25, 0.3) is 0 Å². The molecule has 1 aromatic carbocycles. The third kappa shape index (κ3) is 3.22. The smallest absolute Gasteiger partial charge is 0.269 e. The second-order valence-corrected chi connectivity index (χ2v) is 3.58. The summed E-state index contributed by atoms with van der Waals surface area (Å²) >= 11 is 0. The maximum Gasteiger partial charge on any atom is 0.269 e. The summed E-state index contributed by atoms with van der Waals surface area (Å²) in [7, 11) is 0. The maximum atomic E-state index is 10.4.